The van der Waals surface area contributed by atoms with E-state index < -0.39 is 0 Å². The van der Waals surface area contributed by atoms with Crippen molar-refractivity contribution < 1.29 is 0 Å². The number of hydrogen-bond acceptors (Lipinski definition) is 1. The van der Waals surface area contributed by atoms with Crippen LogP contribution in [-0.2, 0) is 0 Å². The Hall–Kier alpha value is -1.76. The van der Waals surface area contributed by atoms with Gasteiger partial charge in [-0.2, -0.15) is 0 Å². The van der Waals surface area contributed by atoms with Gasteiger partial charge < -0.3 is 4.90 Å². The van der Waals surface area contributed by atoms with E-state index in [4.69, 9.17) is 0 Å². The Kier molecular flexibility index (Phi) is 2.58. The summed E-state index contributed by atoms with van der Waals surface area (Å²) in [6, 6.07) is 20.7. The predicted octanol–water partition coefficient (Wildman–Crippen LogP) is 4.19. The van der Waals surface area contributed by atoms with Crippen LogP contribution in [0.2, 0.25) is 0 Å². The first-order valence-electron chi connectivity index (χ1n) is 7.35. The maximum Gasteiger partial charge on any atom is 0.0408 e. The number of piperidine rings is 1. The molecular formula is C18H19N. The summed E-state index contributed by atoms with van der Waals surface area (Å²) in [6.45, 7) is 1.23. The fourth-order valence-electron chi connectivity index (χ4n) is 3.88. The average molecular weight is 249 g/mol. The third-order valence-corrected chi connectivity index (χ3v) is 4.67. The second-order valence-electron chi connectivity index (χ2n) is 5.70. The van der Waals surface area contributed by atoms with Crippen molar-refractivity contribution >= 4 is 5.69 Å². The molecule has 96 valence electrons. The standard InChI is InChI=1S/C18H19N/c1-2-8-14(9-3-1)18-15-10-4-5-11-16(15)19-13-7-6-12-17(18)19/h1-5,8-11,17-18H,6-7,12-13H2/t17-,18-/m0/s1. The van der Waals surface area contributed by atoms with Gasteiger partial charge in [-0.15, -0.1) is 0 Å². The Labute approximate surface area is 114 Å². The van der Waals surface area contributed by atoms with Crippen LogP contribution in [-0.4, -0.2) is 12.6 Å². The summed E-state index contributed by atoms with van der Waals surface area (Å²) >= 11 is 0. The first kappa shape index (κ1) is 11.1. The van der Waals surface area contributed by atoms with E-state index in [2.05, 4.69) is 59.5 Å². The summed E-state index contributed by atoms with van der Waals surface area (Å²) in [7, 11) is 0. The highest BCUT2D eigenvalue weighted by Crippen LogP contribution is 2.47. The fraction of sp³-hybridized carbons (Fsp3) is 0.333. The summed E-state index contributed by atoms with van der Waals surface area (Å²) in [4.78, 5) is 2.65. The normalized spacial score (nSPS) is 24.9. The first-order chi connectivity index (χ1) is 9.45. The third kappa shape index (κ3) is 1.68. The van der Waals surface area contributed by atoms with Crippen LogP contribution in [0, 0.1) is 0 Å². The lowest BCUT2D eigenvalue weighted by Crippen LogP contribution is -2.38. The number of benzene rings is 2. The molecule has 19 heavy (non-hydrogen) atoms. The number of rotatable bonds is 1. The molecule has 0 aliphatic carbocycles. The lowest BCUT2D eigenvalue weighted by Gasteiger charge is -2.34. The monoisotopic (exact) mass is 249 g/mol. The van der Waals surface area contributed by atoms with E-state index in [9.17, 15) is 0 Å². The minimum absolute atomic E-state index is 0.567. The van der Waals surface area contributed by atoms with Gasteiger partial charge in [0.1, 0.15) is 0 Å². The summed E-state index contributed by atoms with van der Waals surface area (Å²) < 4.78 is 0. The van der Waals surface area contributed by atoms with E-state index in [1.807, 2.05) is 0 Å². The van der Waals surface area contributed by atoms with Crippen LogP contribution in [0.4, 0.5) is 5.69 Å². The number of nitrogens with zero attached hydrogens (tertiary/aromatic N) is 1. The van der Waals surface area contributed by atoms with Crippen molar-refractivity contribution in [2.45, 2.75) is 31.2 Å². The maximum atomic E-state index is 2.65. The number of hydrogen-bond donors (Lipinski definition) is 0. The summed E-state index contributed by atoms with van der Waals surface area (Å²) in [5.74, 6) is 0.567. The highest BCUT2D eigenvalue weighted by Gasteiger charge is 2.39. The molecule has 1 heteroatoms. The predicted molar refractivity (Wildman–Crippen MR) is 79.7 cm³/mol. The third-order valence-electron chi connectivity index (χ3n) is 4.67. The largest absolute Gasteiger partial charge is 0.367 e. The van der Waals surface area contributed by atoms with Crippen molar-refractivity contribution in [2.75, 3.05) is 11.4 Å². The second kappa shape index (κ2) is 4.41. The van der Waals surface area contributed by atoms with Gasteiger partial charge in [-0.25, -0.2) is 0 Å². The number of fused-ring (bicyclic) bond motifs is 3. The summed E-state index contributed by atoms with van der Waals surface area (Å²) in [6.07, 6.45) is 4.04. The van der Waals surface area contributed by atoms with Crippen LogP contribution in [0.3, 0.4) is 0 Å². The van der Waals surface area contributed by atoms with Gasteiger partial charge in [0.05, 0.1) is 0 Å². The molecule has 0 unspecified atom stereocenters. The quantitative estimate of drug-likeness (QED) is 0.732. The van der Waals surface area contributed by atoms with E-state index in [1.165, 1.54) is 42.6 Å². The Morgan fingerprint density at radius 3 is 2.53 bits per heavy atom. The Balaban J connectivity index is 1.85. The molecule has 2 aliphatic heterocycles. The zero-order chi connectivity index (χ0) is 12.7. The van der Waals surface area contributed by atoms with Crippen molar-refractivity contribution in [1.82, 2.24) is 0 Å². The summed E-state index contributed by atoms with van der Waals surface area (Å²) in [5.41, 5.74) is 4.48. The average Bonchev–Trinajstić information content (AvgIpc) is 2.83. The number of para-hydroxylation sites is 1. The van der Waals surface area contributed by atoms with Gasteiger partial charge in [-0.05, 0) is 36.5 Å². The van der Waals surface area contributed by atoms with Crippen molar-refractivity contribution in [1.29, 1.82) is 0 Å². The Bertz CT molecular complexity index is 575. The van der Waals surface area contributed by atoms with E-state index in [-0.39, 0.29) is 0 Å². The molecule has 2 atom stereocenters. The van der Waals surface area contributed by atoms with Crippen molar-refractivity contribution in [2.24, 2.45) is 0 Å². The summed E-state index contributed by atoms with van der Waals surface area (Å²) in [5, 5.41) is 0. The maximum absolute atomic E-state index is 2.65. The lowest BCUT2D eigenvalue weighted by atomic mass is 9.84. The molecule has 0 N–H and O–H groups in total. The van der Waals surface area contributed by atoms with E-state index >= 15 is 0 Å². The highest BCUT2D eigenvalue weighted by molar-refractivity contribution is 5.64. The van der Waals surface area contributed by atoms with Crippen LogP contribution in [0.1, 0.15) is 36.3 Å². The second-order valence-corrected chi connectivity index (χ2v) is 5.70. The van der Waals surface area contributed by atoms with E-state index in [0.29, 0.717) is 12.0 Å². The van der Waals surface area contributed by atoms with Crippen LogP contribution < -0.4 is 4.90 Å². The molecule has 0 radical (unpaired) electrons. The zero-order valence-corrected chi connectivity index (χ0v) is 11.1. The fourth-order valence-corrected chi connectivity index (χ4v) is 3.88. The molecule has 2 aromatic rings. The molecule has 4 rings (SSSR count). The highest BCUT2D eigenvalue weighted by atomic mass is 15.2. The molecule has 2 aromatic carbocycles. The van der Waals surface area contributed by atoms with Crippen LogP contribution in [0.15, 0.2) is 54.6 Å². The zero-order valence-electron chi connectivity index (χ0n) is 11.1. The molecule has 1 nitrogen and oxygen atoms in total. The van der Waals surface area contributed by atoms with E-state index in [0.717, 1.165) is 0 Å². The lowest BCUT2D eigenvalue weighted by molar-refractivity contribution is 0.451. The van der Waals surface area contributed by atoms with Gasteiger partial charge in [-0.3, -0.25) is 0 Å². The minimum atomic E-state index is 0.567. The topological polar surface area (TPSA) is 3.24 Å². The van der Waals surface area contributed by atoms with Gasteiger partial charge in [0.15, 0.2) is 0 Å². The molecule has 0 amide bonds. The van der Waals surface area contributed by atoms with Gasteiger partial charge in [0.25, 0.3) is 0 Å². The van der Waals surface area contributed by atoms with E-state index in [1.54, 1.807) is 0 Å². The molecule has 0 aromatic heterocycles. The first-order valence-corrected chi connectivity index (χ1v) is 7.35. The molecule has 0 spiro atoms. The van der Waals surface area contributed by atoms with Crippen LogP contribution >= 0.6 is 0 Å². The minimum Gasteiger partial charge on any atom is -0.367 e. The van der Waals surface area contributed by atoms with Gasteiger partial charge in [-0.1, -0.05) is 48.5 Å². The molecule has 1 saturated heterocycles. The van der Waals surface area contributed by atoms with Crippen LogP contribution in [0.25, 0.3) is 0 Å². The van der Waals surface area contributed by atoms with Crippen molar-refractivity contribution in [3.8, 4) is 0 Å². The van der Waals surface area contributed by atoms with Gasteiger partial charge in [0.2, 0.25) is 0 Å². The smallest absolute Gasteiger partial charge is 0.0408 e. The Morgan fingerprint density at radius 1 is 0.842 bits per heavy atom. The molecule has 0 bridgehead atoms. The number of anilines is 1. The van der Waals surface area contributed by atoms with Crippen molar-refractivity contribution in [3.63, 3.8) is 0 Å². The Morgan fingerprint density at radius 2 is 1.63 bits per heavy atom. The molecule has 1 fully saturated rings. The molecule has 2 aliphatic rings. The molecule has 0 saturated carbocycles. The van der Waals surface area contributed by atoms with Crippen LogP contribution in [0.5, 0.6) is 0 Å². The van der Waals surface area contributed by atoms with Crippen molar-refractivity contribution in [3.05, 3.63) is 65.7 Å². The van der Waals surface area contributed by atoms with Gasteiger partial charge in [0, 0.05) is 24.2 Å². The SMILES string of the molecule is c1ccc([C@H]2c3ccccc3N3CCCC[C@@H]23)cc1. The van der Waals surface area contributed by atoms with Gasteiger partial charge >= 0.3 is 0 Å². The molecular weight excluding hydrogens is 230 g/mol. The molecule has 2 heterocycles.